The fraction of sp³-hybridized carbons (Fsp3) is 0.571. The summed E-state index contributed by atoms with van der Waals surface area (Å²) in [6.07, 6.45) is 0.869. The molecular weight excluding hydrogens is 326 g/mol. The maximum absolute atomic E-state index is 12.9. The van der Waals surface area contributed by atoms with Crippen molar-refractivity contribution in [3.8, 4) is 0 Å². The first-order valence-corrected chi connectivity index (χ1v) is 8.55. The maximum Gasteiger partial charge on any atom is 0.342 e. The Morgan fingerprint density at radius 2 is 1.96 bits per heavy atom. The molecule has 0 saturated carbocycles. The summed E-state index contributed by atoms with van der Waals surface area (Å²) in [5.41, 5.74) is -0.137. The van der Waals surface area contributed by atoms with E-state index in [2.05, 4.69) is 4.74 Å². The van der Waals surface area contributed by atoms with E-state index >= 15 is 0 Å². The summed E-state index contributed by atoms with van der Waals surface area (Å²) in [7, 11) is -2.89. The number of carbonyl (C=O) groups excluding carboxylic acids is 1. The molecule has 23 heavy (non-hydrogen) atoms. The van der Waals surface area contributed by atoms with Gasteiger partial charge < -0.3 is 14.3 Å². The zero-order valence-corrected chi connectivity index (χ0v) is 14.0. The van der Waals surface area contributed by atoms with Gasteiger partial charge in [0.05, 0.1) is 13.0 Å². The molecule has 1 saturated heterocycles. The van der Waals surface area contributed by atoms with E-state index in [1.165, 1.54) is 13.8 Å². The van der Waals surface area contributed by atoms with Crippen LogP contribution >= 0.6 is 0 Å². The summed E-state index contributed by atoms with van der Waals surface area (Å²) < 4.78 is 36.8. The number of carboxylic acids is 1. The number of furan rings is 1. The van der Waals surface area contributed by atoms with E-state index in [-0.39, 0.29) is 35.1 Å². The van der Waals surface area contributed by atoms with Crippen molar-refractivity contribution in [3.05, 3.63) is 17.1 Å². The molecular formula is C14H19NO7S. The molecule has 0 spiro atoms. The van der Waals surface area contributed by atoms with Gasteiger partial charge in [0.25, 0.3) is 0 Å². The lowest BCUT2D eigenvalue weighted by Crippen LogP contribution is -2.42. The molecule has 1 aliphatic rings. The quantitative estimate of drug-likeness (QED) is 0.815. The largest absolute Gasteiger partial charge is 0.481 e. The minimum absolute atomic E-state index is 0.0837. The Bertz CT molecular complexity index is 735. The first-order valence-electron chi connectivity index (χ1n) is 7.11. The number of carbonyl (C=O) groups is 2. The van der Waals surface area contributed by atoms with Gasteiger partial charge in [-0.05, 0) is 26.7 Å². The number of rotatable bonds is 4. The molecule has 0 aliphatic carbocycles. The molecule has 9 heteroatoms. The molecule has 8 nitrogen and oxygen atoms in total. The van der Waals surface area contributed by atoms with Crippen molar-refractivity contribution in [1.82, 2.24) is 4.31 Å². The van der Waals surface area contributed by atoms with Crippen LogP contribution in [-0.2, 0) is 19.6 Å². The van der Waals surface area contributed by atoms with Gasteiger partial charge in [0.15, 0.2) is 0 Å². The van der Waals surface area contributed by atoms with E-state index in [0.717, 1.165) is 11.4 Å². The van der Waals surface area contributed by atoms with Gasteiger partial charge >= 0.3 is 11.9 Å². The molecule has 1 atom stereocenters. The smallest absolute Gasteiger partial charge is 0.342 e. The number of piperidine rings is 1. The third-order valence-electron chi connectivity index (χ3n) is 3.93. The Kier molecular flexibility index (Phi) is 4.81. The molecule has 0 bridgehead atoms. The van der Waals surface area contributed by atoms with Gasteiger partial charge in [0.2, 0.25) is 10.0 Å². The number of aryl methyl sites for hydroxylation is 2. The third kappa shape index (κ3) is 3.11. The number of ether oxygens (including phenoxy) is 1. The first kappa shape index (κ1) is 17.5. The van der Waals surface area contributed by atoms with Gasteiger partial charge in [-0.1, -0.05) is 0 Å². The third-order valence-corrected chi connectivity index (χ3v) is 5.94. The topological polar surface area (TPSA) is 114 Å². The van der Waals surface area contributed by atoms with Crippen molar-refractivity contribution in [3.63, 3.8) is 0 Å². The number of aliphatic carboxylic acids is 1. The van der Waals surface area contributed by atoms with Crippen molar-refractivity contribution in [2.24, 2.45) is 5.92 Å². The number of nitrogens with zero attached hydrogens (tertiary/aromatic N) is 1. The van der Waals surface area contributed by atoms with Crippen LogP contribution in [0.4, 0.5) is 0 Å². The van der Waals surface area contributed by atoms with Crippen molar-refractivity contribution in [1.29, 1.82) is 0 Å². The molecule has 0 amide bonds. The van der Waals surface area contributed by atoms with Gasteiger partial charge in [-0.15, -0.1) is 0 Å². The predicted octanol–water partition coefficient (Wildman–Crippen LogP) is 1.17. The SMILES string of the molecule is COC(=O)c1c(C)oc(C)c1S(=O)(=O)N1CCCC(C(=O)O)C1. The predicted molar refractivity (Wildman–Crippen MR) is 78.6 cm³/mol. The van der Waals surface area contributed by atoms with Crippen LogP contribution in [0.15, 0.2) is 9.31 Å². The number of methoxy groups -OCH3 is 1. The summed E-state index contributed by atoms with van der Waals surface area (Å²) in [6, 6.07) is 0. The summed E-state index contributed by atoms with van der Waals surface area (Å²) in [5.74, 6) is -2.35. The summed E-state index contributed by atoms with van der Waals surface area (Å²) in [6.45, 7) is 3.01. The highest BCUT2D eigenvalue weighted by atomic mass is 32.2. The van der Waals surface area contributed by atoms with Crippen molar-refractivity contribution in [2.75, 3.05) is 20.2 Å². The van der Waals surface area contributed by atoms with Crippen LogP contribution in [0.25, 0.3) is 0 Å². The average Bonchev–Trinajstić information content (AvgIpc) is 2.81. The second-order valence-corrected chi connectivity index (χ2v) is 7.33. The normalized spacial score (nSPS) is 19.5. The number of esters is 1. The van der Waals surface area contributed by atoms with E-state index in [9.17, 15) is 18.0 Å². The van der Waals surface area contributed by atoms with Crippen molar-refractivity contribution >= 4 is 22.0 Å². The van der Waals surface area contributed by atoms with E-state index in [1.54, 1.807) is 0 Å². The van der Waals surface area contributed by atoms with Crippen LogP contribution in [0, 0.1) is 19.8 Å². The van der Waals surface area contributed by atoms with Crippen LogP contribution in [-0.4, -0.2) is 50.0 Å². The second-order valence-electron chi connectivity index (χ2n) is 5.45. The van der Waals surface area contributed by atoms with Gasteiger partial charge in [0, 0.05) is 13.1 Å². The van der Waals surface area contributed by atoms with Crippen LogP contribution in [0.5, 0.6) is 0 Å². The molecule has 0 radical (unpaired) electrons. The Morgan fingerprint density at radius 1 is 1.30 bits per heavy atom. The molecule has 128 valence electrons. The van der Waals surface area contributed by atoms with E-state index in [0.29, 0.717) is 12.8 Å². The van der Waals surface area contributed by atoms with E-state index < -0.39 is 27.9 Å². The molecule has 1 fully saturated rings. The minimum Gasteiger partial charge on any atom is -0.481 e. The Labute approximate surface area is 134 Å². The standard InChI is InChI=1S/C14H19NO7S/c1-8-11(14(18)21-3)12(9(2)22-8)23(19,20)15-6-4-5-10(7-15)13(16)17/h10H,4-7H2,1-3H3,(H,16,17). The van der Waals surface area contributed by atoms with Gasteiger partial charge in [-0.25, -0.2) is 13.2 Å². The monoisotopic (exact) mass is 345 g/mol. The molecule has 0 aromatic carbocycles. The highest BCUT2D eigenvalue weighted by Crippen LogP contribution is 2.32. The maximum atomic E-state index is 12.9. The highest BCUT2D eigenvalue weighted by molar-refractivity contribution is 7.89. The van der Waals surface area contributed by atoms with Gasteiger partial charge in [-0.2, -0.15) is 4.31 Å². The molecule has 1 aromatic rings. The molecule has 2 rings (SSSR count). The minimum atomic E-state index is -4.05. The Hall–Kier alpha value is -1.87. The lowest BCUT2D eigenvalue weighted by atomic mass is 10.0. The van der Waals surface area contributed by atoms with Crippen LogP contribution in [0.1, 0.15) is 34.7 Å². The summed E-state index contributed by atoms with van der Waals surface area (Å²) in [5, 5.41) is 9.12. The molecule has 1 unspecified atom stereocenters. The highest BCUT2D eigenvalue weighted by Gasteiger charge is 2.39. The zero-order valence-electron chi connectivity index (χ0n) is 13.2. The van der Waals surface area contributed by atoms with Gasteiger partial charge in [0.1, 0.15) is 22.0 Å². The fourth-order valence-electron chi connectivity index (χ4n) is 2.80. The number of sulfonamides is 1. The molecule has 1 N–H and O–H groups in total. The Morgan fingerprint density at radius 3 is 2.52 bits per heavy atom. The van der Waals surface area contributed by atoms with Crippen molar-refractivity contribution < 1.29 is 32.3 Å². The summed E-state index contributed by atoms with van der Waals surface area (Å²) >= 11 is 0. The molecule has 1 aromatic heterocycles. The van der Waals surface area contributed by atoms with Gasteiger partial charge in [-0.3, -0.25) is 4.79 Å². The van der Waals surface area contributed by atoms with E-state index in [4.69, 9.17) is 9.52 Å². The average molecular weight is 345 g/mol. The zero-order chi connectivity index (χ0) is 17.4. The van der Waals surface area contributed by atoms with Crippen LogP contribution < -0.4 is 0 Å². The second kappa shape index (κ2) is 6.32. The summed E-state index contributed by atoms with van der Waals surface area (Å²) in [4.78, 5) is 22.8. The van der Waals surface area contributed by atoms with Crippen LogP contribution in [0.2, 0.25) is 0 Å². The van der Waals surface area contributed by atoms with Crippen LogP contribution in [0.3, 0.4) is 0 Å². The molecule has 2 heterocycles. The fourth-order valence-corrected chi connectivity index (χ4v) is 4.70. The number of hydrogen-bond acceptors (Lipinski definition) is 6. The van der Waals surface area contributed by atoms with Crippen molar-refractivity contribution in [2.45, 2.75) is 31.6 Å². The lowest BCUT2D eigenvalue weighted by molar-refractivity contribution is -0.142. The lowest BCUT2D eigenvalue weighted by Gasteiger charge is -2.29. The Balaban J connectivity index is 2.48. The first-order chi connectivity index (χ1) is 10.7. The number of hydrogen-bond donors (Lipinski definition) is 1. The molecule has 1 aliphatic heterocycles. The number of carboxylic acid groups (broad SMARTS) is 1. The van der Waals surface area contributed by atoms with E-state index in [1.807, 2.05) is 0 Å².